The summed E-state index contributed by atoms with van der Waals surface area (Å²) in [5, 5.41) is 21.5. The zero-order valence-corrected chi connectivity index (χ0v) is 14.3. The Balaban J connectivity index is 1.86. The Kier molecular flexibility index (Phi) is 3.54. The van der Waals surface area contributed by atoms with E-state index in [9.17, 15) is 0 Å². The van der Waals surface area contributed by atoms with Gasteiger partial charge in [0, 0.05) is 6.20 Å². The summed E-state index contributed by atoms with van der Waals surface area (Å²) in [6.45, 7) is 12.9. The molecule has 0 unspecified atom stereocenters. The minimum absolute atomic E-state index is 0.325. The van der Waals surface area contributed by atoms with E-state index >= 15 is 0 Å². The lowest BCUT2D eigenvalue weighted by Crippen LogP contribution is -1.98. The summed E-state index contributed by atoms with van der Waals surface area (Å²) in [5.74, 6) is 1.61. The average Bonchev–Trinajstić information content (AvgIpc) is 3.23. The van der Waals surface area contributed by atoms with Crippen LogP contribution in [-0.2, 0) is 0 Å². The number of rotatable bonds is 3. The van der Waals surface area contributed by atoms with Crippen LogP contribution in [-0.4, -0.2) is 34.6 Å². The van der Waals surface area contributed by atoms with Crippen molar-refractivity contribution in [2.24, 2.45) is 10.2 Å². The molecule has 0 radical (unpaired) electrons. The Morgan fingerprint density at radius 2 is 1.92 bits per heavy atom. The van der Waals surface area contributed by atoms with Crippen LogP contribution in [0, 0.1) is 27.3 Å². The van der Waals surface area contributed by atoms with Gasteiger partial charge in [-0.2, -0.15) is 10.2 Å². The van der Waals surface area contributed by atoms with Crippen LogP contribution in [0.25, 0.3) is 16.3 Å². The fourth-order valence-corrected chi connectivity index (χ4v) is 2.61. The molecule has 10 nitrogen and oxygen atoms in total. The predicted molar refractivity (Wildman–Crippen MR) is 93.3 cm³/mol. The number of fused-ring (bicyclic) bond motifs is 1. The normalized spacial score (nSPS) is 11.5. The molecule has 4 rings (SSSR count). The Bertz CT molecular complexity index is 1170. The molecule has 0 saturated carbocycles. The molecule has 26 heavy (non-hydrogen) atoms. The van der Waals surface area contributed by atoms with Crippen molar-refractivity contribution in [3.05, 3.63) is 53.0 Å². The van der Waals surface area contributed by atoms with Gasteiger partial charge in [-0.1, -0.05) is 6.07 Å². The van der Waals surface area contributed by atoms with Crippen LogP contribution in [0.2, 0.25) is 0 Å². The van der Waals surface area contributed by atoms with Gasteiger partial charge in [0.1, 0.15) is 5.82 Å². The summed E-state index contributed by atoms with van der Waals surface area (Å²) in [7, 11) is 0. The van der Waals surface area contributed by atoms with E-state index in [1.54, 1.807) is 19.2 Å². The van der Waals surface area contributed by atoms with Crippen LogP contribution >= 0.6 is 0 Å². The summed E-state index contributed by atoms with van der Waals surface area (Å²) in [4.78, 5) is 10.9. The predicted octanol–water partition coefficient (Wildman–Crippen LogP) is 3.53. The number of hydrogen-bond acceptors (Lipinski definition) is 6. The molecule has 0 aromatic carbocycles. The largest absolute Gasteiger partial charge is 0.324 e. The zero-order valence-electron chi connectivity index (χ0n) is 14.3. The number of H-pyrrole nitrogens is 1. The van der Waals surface area contributed by atoms with Crippen molar-refractivity contribution >= 4 is 22.8 Å². The second-order valence-electron chi connectivity index (χ2n) is 5.65. The van der Waals surface area contributed by atoms with E-state index in [2.05, 4.69) is 40.3 Å². The van der Waals surface area contributed by atoms with Gasteiger partial charge in [-0.25, -0.2) is 14.5 Å². The molecule has 0 bridgehead atoms. The molecule has 0 atom stereocenters. The standard InChI is InChI=1S/C16H14N10/c1-9-13(17-4)16(25(22-9)12-7-5-6-8-18-12)21-20-14-10(2)23-26-15(14)19-11(3)24-26/h5-8H,1-3H3,(H,19,24)/b21-20+. The molecule has 0 aliphatic rings. The molecular weight excluding hydrogens is 332 g/mol. The number of pyridine rings is 1. The molecule has 0 amide bonds. The highest BCUT2D eigenvalue weighted by molar-refractivity contribution is 5.69. The van der Waals surface area contributed by atoms with Crippen molar-refractivity contribution in [2.75, 3.05) is 0 Å². The molecule has 4 heterocycles. The Hall–Kier alpha value is -3.87. The van der Waals surface area contributed by atoms with Crippen molar-refractivity contribution < 1.29 is 0 Å². The first kappa shape index (κ1) is 15.6. The molecule has 0 aliphatic heterocycles. The van der Waals surface area contributed by atoms with E-state index in [1.165, 1.54) is 9.31 Å². The number of nitrogens with zero attached hydrogens (tertiary/aromatic N) is 9. The average molecular weight is 346 g/mol. The minimum Gasteiger partial charge on any atom is -0.324 e. The monoisotopic (exact) mass is 346 g/mol. The summed E-state index contributed by atoms with van der Waals surface area (Å²) in [5.41, 5.74) is 2.79. The maximum Gasteiger partial charge on any atom is 0.255 e. The molecule has 4 aromatic rings. The van der Waals surface area contributed by atoms with E-state index < -0.39 is 0 Å². The van der Waals surface area contributed by atoms with E-state index in [0.29, 0.717) is 40.0 Å². The van der Waals surface area contributed by atoms with Gasteiger partial charge in [-0.15, -0.1) is 20.0 Å². The van der Waals surface area contributed by atoms with Crippen molar-refractivity contribution in [3.8, 4) is 5.82 Å². The lowest BCUT2D eigenvalue weighted by atomic mass is 10.4. The number of aryl methyl sites for hydroxylation is 3. The highest BCUT2D eigenvalue weighted by Crippen LogP contribution is 2.35. The maximum absolute atomic E-state index is 7.45. The van der Waals surface area contributed by atoms with Gasteiger partial charge in [0.2, 0.25) is 0 Å². The van der Waals surface area contributed by atoms with Crippen LogP contribution in [0.1, 0.15) is 17.2 Å². The summed E-state index contributed by atoms with van der Waals surface area (Å²) in [6.07, 6.45) is 1.66. The van der Waals surface area contributed by atoms with Crippen LogP contribution in [0.3, 0.4) is 0 Å². The van der Waals surface area contributed by atoms with Gasteiger partial charge in [-0.05, 0) is 32.9 Å². The van der Waals surface area contributed by atoms with E-state index in [1.807, 2.05) is 26.0 Å². The van der Waals surface area contributed by atoms with E-state index in [4.69, 9.17) is 6.57 Å². The van der Waals surface area contributed by atoms with Crippen molar-refractivity contribution in [1.82, 2.24) is 34.6 Å². The fraction of sp³-hybridized carbons (Fsp3) is 0.188. The zero-order chi connectivity index (χ0) is 18.3. The van der Waals surface area contributed by atoms with Crippen LogP contribution in [0.15, 0.2) is 34.6 Å². The second-order valence-corrected chi connectivity index (χ2v) is 5.65. The smallest absolute Gasteiger partial charge is 0.255 e. The van der Waals surface area contributed by atoms with Gasteiger partial charge in [-0.3, -0.25) is 0 Å². The Morgan fingerprint density at radius 1 is 1.08 bits per heavy atom. The molecule has 128 valence electrons. The third kappa shape index (κ3) is 2.42. The lowest BCUT2D eigenvalue weighted by Gasteiger charge is -2.02. The first-order chi connectivity index (χ1) is 12.6. The molecule has 0 spiro atoms. The highest BCUT2D eigenvalue weighted by Gasteiger charge is 2.18. The first-order valence-corrected chi connectivity index (χ1v) is 7.81. The molecular formula is C16H14N10. The SMILES string of the molecule is [C-]#[N+]c1c(C)nn(-c2ccccn2)c1/N=N/c1c(C)nn2nc(C)[nH]c12. The van der Waals surface area contributed by atoms with Gasteiger partial charge in [0.25, 0.3) is 5.69 Å². The van der Waals surface area contributed by atoms with Crippen molar-refractivity contribution in [2.45, 2.75) is 20.8 Å². The Morgan fingerprint density at radius 3 is 2.65 bits per heavy atom. The minimum atomic E-state index is 0.325. The molecule has 0 saturated heterocycles. The third-order valence-electron chi connectivity index (χ3n) is 3.78. The second kappa shape index (κ2) is 5.89. The topological polar surface area (TPSA) is 106 Å². The van der Waals surface area contributed by atoms with Gasteiger partial charge in [0.15, 0.2) is 23.0 Å². The number of hydrogen-bond donors (Lipinski definition) is 1. The van der Waals surface area contributed by atoms with Crippen LogP contribution < -0.4 is 0 Å². The number of azo groups is 1. The Labute approximate surface area is 148 Å². The third-order valence-corrected chi connectivity index (χ3v) is 3.78. The molecule has 1 N–H and O–H groups in total. The summed E-state index contributed by atoms with van der Waals surface area (Å²) < 4.78 is 3.00. The first-order valence-electron chi connectivity index (χ1n) is 7.81. The van der Waals surface area contributed by atoms with Crippen molar-refractivity contribution in [1.29, 1.82) is 0 Å². The van der Waals surface area contributed by atoms with Gasteiger partial charge < -0.3 is 4.98 Å². The summed E-state index contributed by atoms with van der Waals surface area (Å²) in [6, 6.07) is 5.45. The molecule has 4 aromatic heterocycles. The lowest BCUT2D eigenvalue weighted by molar-refractivity contribution is 0.793. The highest BCUT2D eigenvalue weighted by atomic mass is 15.5. The molecule has 0 aliphatic carbocycles. The quantitative estimate of drug-likeness (QED) is 0.452. The van der Waals surface area contributed by atoms with Crippen LogP contribution in [0.4, 0.5) is 17.2 Å². The maximum atomic E-state index is 7.45. The fourth-order valence-electron chi connectivity index (χ4n) is 2.61. The van der Waals surface area contributed by atoms with Crippen molar-refractivity contribution in [3.63, 3.8) is 0 Å². The molecule has 10 heteroatoms. The number of aromatic nitrogens is 7. The molecule has 0 fully saturated rings. The number of nitrogens with one attached hydrogen (secondary N) is 1. The van der Waals surface area contributed by atoms with Gasteiger partial charge >= 0.3 is 0 Å². The summed E-state index contributed by atoms with van der Waals surface area (Å²) >= 11 is 0. The van der Waals surface area contributed by atoms with E-state index in [-0.39, 0.29) is 0 Å². The number of aromatic amines is 1. The van der Waals surface area contributed by atoms with E-state index in [0.717, 1.165) is 5.82 Å². The van der Waals surface area contributed by atoms with Crippen LogP contribution in [0.5, 0.6) is 0 Å². The van der Waals surface area contributed by atoms with Gasteiger partial charge in [0.05, 0.1) is 18.0 Å².